The van der Waals surface area contributed by atoms with Gasteiger partial charge in [-0.2, -0.15) is 0 Å². The summed E-state index contributed by atoms with van der Waals surface area (Å²) in [5, 5.41) is 0. The summed E-state index contributed by atoms with van der Waals surface area (Å²) in [4.78, 5) is 10.3. The predicted octanol–water partition coefficient (Wildman–Crippen LogP) is 19.9. The first-order valence-electron chi connectivity index (χ1n) is 26.7. The molecule has 3 heteroatoms. The van der Waals surface area contributed by atoms with Gasteiger partial charge in [-0.15, -0.1) is 0 Å². The summed E-state index contributed by atoms with van der Waals surface area (Å²) in [5.41, 5.74) is 9.13. The van der Waals surface area contributed by atoms with Crippen LogP contribution in [0.2, 0.25) is 0 Å². The zero-order valence-electron chi connectivity index (χ0n) is 41.1. The van der Waals surface area contributed by atoms with Crippen LogP contribution in [-0.4, -0.2) is 11.9 Å². The summed E-state index contributed by atoms with van der Waals surface area (Å²) in [5.74, 6) is 0. The third-order valence-electron chi connectivity index (χ3n) is 12.7. The fourth-order valence-corrected chi connectivity index (χ4v) is 8.71. The molecule has 2 aromatic rings. The van der Waals surface area contributed by atoms with Crippen LogP contribution in [0, 0.1) is 0 Å². The average molecular weight is 882 g/mol. The van der Waals surface area contributed by atoms with Crippen LogP contribution in [-0.2, 0) is 42.2 Å². The van der Waals surface area contributed by atoms with Gasteiger partial charge in [0.05, 0.1) is 23.3 Å². The van der Waals surface area contributed by atoms with E-state index in [2.05, 4.69) is 83.2 Å². The number of aliphatic imine (C=N–C) groups is 2. The molecule has 0 aliphatic carbocycles. The van der Waals surface area contributed by atoms with E-state index in [1.807, 2.05) is 6.21 Å². The molecule has 2 nitrogen and oxygen atoms in total. The van der Waals surface area contributed by atoms with E-state index in [4.69, 9.17) is 9.98 Å². The smallest absolute Gasteiger partial charge is 0.0816 e. The monoisotopic (exact) mass is 881 g/mol. The molecule has 350 valence electrons. The minimum Gasteiger partial charge on any atom is -0.255 e. The second kappa shape index (κ2) is 42.0. The van der Waals surface area contributed by atoms with Crippen molar-refractivity contribution in [2.45, 2.75) is 272 Å². The fraction of sp³-hybridized carbons (Fsp3) is 0.724. The SMILES string of the molecule is CCCCCCCCCCCCCCCCCCCCCC/C=C/C(/C=N/c1ccc(CCCCC)c(CCCCC)c1)=N\c1ccc(CCCCC)c(CCCCC)c1.[Ni]. The van der Waals surface area contributed by atoms with Crippen molar-refractivity contribution < 1.29 is 16.5 Å². The number of hydrogen-bond acceptors (Lipinski definition) is 2. The molecule has 0 aliphatic rings. The summed E-state index contributed by atoms with van der Waals surface area (Å²) in [6.45, 7) is 11.5. The third kappa shape index (κ3) is 30.7. The first-order chi connectivity index (χ1) is 29.6. The molecule has 0 atom stereocenters. The maximum atomic E-state index is 5.26. The van der Waals surface area contributed by atoms with Crippen LogP contribution in [0.3, 0.4) is 0 Å². The minimum absolute atomic E-state index is 0. The van der Waals surface area contributed by atoms with Crippen molar-refractivity contribution in [3.05, 3.63) is 70.8 Å². The summed E-state index contributed by atoms with van der Waals surface area (Å²) >= 11 is 0. The van der Waals surface area contributed by atoms with E-state index in [1.54, 1.807) is 0 Å². The zero-order chi connectivity index (χ0) is 43.0. The van der Waals surface area contributed by atoms with E-state index in [-0.39, 0.29) is 16.5 Å². The second-order valence-electron chi connectivity index (χ2n) is 18.4. The molecule has 0 saturated carbocycles. The molecule has 0 N–H and O–H groups in total. The Bertz CT molecular complexity index is 1370. The second-order valence-corrected chi connectivity index (χ2v) is 18.4. The average Bonchev–Trinajstić information content (AvgIpc) is 3.26. The molecular formula is C58H98N2Ni. The first-order valence-corrected chi connectivity index (χ1v) is 26.7. The maximum absolute atomic E-state index is 5.26. The Morgan fingerprint density at radius 2 is 0.705 bits per heavy atom. The number of hydrogen-bond donors (Lipinski definition) is 0. The fourth-order valence-electron chi connectivity index (χ4n) is 8.71. The quantitative estimate of drug-likeness (QED) is 0.0361. The first kappa shape index (κ1) is 57.0. The number of aryl methyl sites for hydroxylation is 4. The Balaban J connectivity index is 0.0000186. The normalized spacial score (nSPS) is 12.0. The van der Waals surface area contributed by atoms with Crippen LogP contribution in [0.25, 0.3) is 0 Å². The summed E-state index contributed by atoms with van der Waals surface area (Å²) in [7, 11) is 0. The molecule has 0 saturated heterocycles. The van der Waals surface area contributed by atoms with Gasteiger partial charge in [0.25, 0.3) is 0 Å². The standard InChI is InChI=1S/C58H98N2.Ni/c1-6-11-16-17-18-19-20-21-22-23-24-25-26-27-28-29-30-31-32-33-34-39-44-58(60-57-48-46-53(41-36-13-8-3)55(50-57)43-38-15-10-5)51-59-56-47-45-52(40-35-12-7-2)54(49-56)42-37-14-9-4;/h39,44-51H,6-38,40-43H2,1-5H3;/b44-39+,59-51+,60-58+;. The number of rotatable bonds is 41. The van der Waals surface area contributed by atoms with Crippen molar-refractivity contribution >= 4 is 23.3 Å². The van der Waals surface area contributed by atoms with E-state index >= 15 is 0 Å². The van der Waals surface area contributed by atoms with E-state index in [9.17, 15) is 0 Å². The Hall–Kier alpha value is -1.99. The van der Waals surface area contributed by atoms with Gasteiger partial charge in [0.2, 0.25) is 0 Å². The molecule has 0 amide bonds. The van der Waals surface area contributed by atoms with Crippen molar-refractivity contribution in [1.29, 1.82) is 0 Å². The molecule has 0 fully saturated rings. The number of benzene rings is 2. The summed E-state index contributed by atoms with van der Waals surface area (Å²) in [6, 6.07) is 14.0. The van der Waals surface area contributed by atoms with Crippen molar-refractivity contribution in [2.24, 2.45) is 9.98 Å². The Kier molecular flexibility index (Phi) is 39.3. The topological polar surface area (TPSA) is 24.7 Å². The van der Waals surface area contributed by atoms with E-state index in [0.717, 1.165) is 36.3 Å². The van der Waals surface area contributed by atoms with Crippen LogP contribution in [0.1, 0.15) is 269 Å². The Labute approximate surface area is 390 Å². The predicted molar refractivity (Wildman–Crippen MR) is 273 cm³/mol. The number of nitrogens with zero attached hydrogens (tertiary/aromatic N) is 2. The van der Waals surface area contributed by atoms with Crippen LogP contribution >= 0.6 is 0 Å². The molecule has 2 rings (SSSR count). The van der Waals surface area contributed by atoms with Crippen LogP contribution in [0.5, 0.6) is 0 Å². The molecule has 0 spiro atoms. The van der Waals surface area contributed by atoms with Gasteiger partial charge in [0.15, 0.2) is 0 Å². The van der Waals surface area contributed by atoms with Crippen LogP contribution in [0.15, 0.2) is 58.5 Å². The van der Waals surface area contributed by atoms with E-state index in [0.29, 0.717) is 0 Å². The molecule has 0 aliphatic heterocycles. The van der Waals surface area contributed by atoms with Crippen molar-refractivity contribution in [2.75, 3.05) is 0 Å². The van der Waals surface area contributed by atoms with Gasteiger partial charge in [0.1, 0.15) is 0 Å². The van der Waals surface area contributed by atoms with Crippen LogP contribution in [0.4, 0.5) is 11.4 Å². The van der Waals surface area contributed by atoms with Crippen molar-refractivity contribution in [3.8, 4) is 0 Å². The van der Waals surface area contributed by atoms with Gasteiger partial charge in [0, 0.05) is 16.5 Å². The summed E-state index contributed by atoms with van der Waals surface area (Å²) < 4.78 is 0. The molecular weight excluding hydrogens is 783 g/mol. The van der Waals surface area contributed by atoms with Gasteiger partial charge in [-0.25, -0.2) is 4.99 Å². The van der Waals surface area contributed by atoms with Gasteiger partial charge >= 0.3 is 0 Å². The third-order valence-corrected chi connectivity index (χ3v) is 12.7. The number of allylic oxidation sites excluding steroid dienone is 2. The van der Waals surface area contributed by atoms with E-state index in [1.165, 1.54) is 241 Å². The molecule has 0 heterocycles. The molecule has 0 aromatic heterocycles. The largest absolute Gasteiger partial charge is 0.255 e. The van der Waals surface area contributed by atoms with Gasteiger partial charge in [-0.1, -0.05) is 226 Å². The van der Waals surface area contributed by atoms with E-state index < -0.39 is 0 Å². The number of unbranched alkanes of at least 4 members (excludes halogenated alkanes) is 28. The minimum atomic E-state index is 0. The van der Waals surface area contributed by atoms with Crippen molar-refractivity contribution in [1.82, 2.24) is 0 Å². The maximum Gasteiger partial charge on any atom is 0.0816 e. The van der Waals surface area contributed by atoms with Crippen LogP contribution < -0.4 is 0 Å². The summed E-state index contributed by atoms with van der Waals surface area (Å²) in [6.07, 6.45) is 56.2. The Morgan fingerprint density at radius 1 is 0.377 bits per heavy atom. The Morgan fingerprint density at radius 3 is 1.11 bits per heavy atom. The van der Waals surface area contributed by atoms with Gasteiger partial charge in [-0.05, 0) is 117 Å². The molecule has 0 bridgehead atoms. The van der Waals surface area contributed by atoms with Crippen molar-refractivity contribution in [3.63, 3.8) is 0 Å². The van der Waals surface area contributed by atoms with Gasteiger partial charge in [-0.3, -0.25) is 4.99 Å². The van der Waals surface area contributed by atoms with Gasteiger partial charge < -0.3 is 0 Å². The molecule has 0 radical (unpaired) electrons. The molecule has 61 heavy (non-hydrogen) atoms. The molecule has 2 aromatic carbocycles. The zero-order valence-corrected chi connectivity index (χ0v) is 42.1. The molecule has 0 unspecified atom stereocenters.